The van der Waals surface area contributed by atoms with E-state index >= 15 is 0 Å². The summed E-state index contributed by atoms with van der Waals surface area (Å²) in [6, 6.07) is 0. The van der Waals surface area contributed by atoms with E-state index in [0.29, 0.717) is 18.7 Å². The molecule has 24 heavy (non-hydrogen) atoms. The summed E-state index contributed by atoms with van der Waals surface area (Å²) in [6.45, 7) is 2.34. The average Bonchev–Trinajstić information content (AvgIpc) is 3.10. The second-order valence-electron chi connectivity index (χ2n) is 5.60. The summed E-state index contributed by atoms with van der Waals surface area (Å²) in [7, 11) is 0. The Kier molecular flexibility index (Phi) is 4.76. The van der Waals surface area contributed by atoms with Crippen LogP contribution < -0.4 is 16.4 Å². The lowest BCUT2D eigenvalue weighted by atomic mass is 10.1. The number of oxime groups is 1. The van der Waals surface area contributed by atoms with Crippen LogP contribution in [-0.2, 0) is 9.59 Å². The SMILES string of the molecule is CC1CC(=O)C2=C1CSC(CNC(=O)/C(=N\O)c1csc(N)n1)N2. The van der Waals surface area contributed by atoms with Crippen molar-refractivity contribution in [1.29, 1.82) is 0 Å². The molecule has 0 saturated carbocycles. The Morgan fingerprint density at radius 3 is 3.08 bits per heavy atom. The van der Waals surface area contributed by atoms with E-state index in [4.69, 9.17) is 10.9 Å². The number of carbonyl (C=O) groups excluding carboxylic acids is 2. The highest BCUT2D eigenvalue weighted by atomic mass is 32.2. The summed E-state index contributed by atoms with van der Waals surface area (Å²) in [5.74, 6) is 0.645. The number of Topliss-reactive ketones (excluding diaryl/α,β-unsaturated/α-hetero) is 1. The second kappa shape index (κ2) is 6.81. The van der Waals surface area contributed by atoms with Gasteiger partial charge in [-0.15, -0.1) is 23.1 Å². The minimum Gasteiger partial charge on any atom is -0.410 e. The highest BCUT2D eigenvalue weighted by Crippen LogP contribution is 2.35. The molecule has 1 aliphatic heterocycles. The molecule has 1 aromatic rings. The number of thiazole rings is 1. The third-order valence-corrected chi connectivity index (χ3v) is 5.80. The molecule has 1 aliphatic carbocycles. The highest BCUT2D eigenvalue weighted by Gasteiger charge is 2.34. The number of carbonyl (C=O) groups is 2. The largest absolute Gasteiger partial charge is 0.410 e. The molecule has 2 unspecified atom stereocenters. The van der Waals surface area contributed by atoms with Gasteiger partial charge in [0.25, 0.3) is 5.91 Å². The first kappa shape index (κ1) is 16.8. The average molecular weight is 367 g/mol. The highest BCUT2D eigenvalue weighted by molar-refractivity contribution is 8.00. The van der Waals surface area contributed by atoms with Crippen LogP contribution in [0.1, 0.15) is 19.0 Å². The number of ketones is 1. The predicted molar refractivity (Wildman–Crippen MR) is 93.1 cm³/mol. The Hall–Kier alpha value is -2.07. The molecular weight excluding hydrogens is 350 g/mol. The summed E-state index contributed by atoms with van der Waals surface area (Å²) < 4.78 is 0. The van der Waals surface area contributed by atoms with Crippen LogP contribution in [-0.4, -0.2) is 45.3 Å². The van der Waals surface area contributed by atoms with Crippen molar-refractivity contribution in [3.63, 3.8) is 0 Å². The quantitative estimate of drug-likeness (QED) is 0.347. The molecule has 0 radical (unpaired) electrons. The maximum atomic E-state index is 12.2. The lowest BCUT2D eigenvalue weighted by Crippen LogP contribution is -2.43. The summed E-state index contributed by atoms with van der Waals surface area (Å²) in [5.41, 5.74) is 7.42. The van der Waals surface area contributed by atoms with E-state index in [2.05, 4.69) is 20.8 Å². The van der Waals surface area contributed by atoms with E-state index in [1.54, 1.807) is 17.1 Å². The Bertz CT molecular complexity index is 743. The monoisotopic (exact) mass is 367 g/mol. The third-order valence-electron chi connectivity index (χ3n) is 3.96. The molecule has 5 N–H and O–H groups in total. The molecule has 8 nitrogen and oxygen atoms in total. The maximum absolute atomic E-state index is 12.2. The van der Waals surface area contributed by atoms with E-state index in [-0.39, 0.29) is 33.6 Å². The molecule has 0 spiro atoms. The molecule has 2 aliphatic rings. The van der Waals surface area contributed by atoms with Gasteiger partial charge in [0.05, 0.1) is 11.1 Å². The molecular formula is C14H17N5O3S2. The van der Waals surface area contributed by atoms with E-state index < -0.39 is 5.91 Å². The predicted octanol–water partition coefficient (Wildman–Crippen LogP) is 0.545. The first-order valence-electron chi connectivity index (χ1n) is 7.35. The number of hydrogen-bond donors (Lipinski definition) is 4. The molecule has 10 heteroatoms. The van der Waals surface area contributed by atoms with E-state index in [1.807, 2.05) is 6.92 Å². The van der Waals surface area contributed by atoms with E-state index in [9.17, 15) is 9.59 Å². The molecule has 2 heterocycles. The zero-order chi connectivity index (χ0) is 17.3. The van der Waals surface area contributed by atoms with Gasteiger partial charge in [0, 0.05) is 24.1 Å². The number of nitrogen functional groups attached to an aromatic ring is 1. The van der Waals surface area contributed by atoms with Gasteiger partial charge in [-0.05, 0) is 11.5 Å². The zero-order valence-corrected chi connectivity index (χ0v) is 14.5. The first-order chi connectivity index (χ1) is 11.5. The minimum absolute atomic E-state index is 0.109. The molecule has 0 saturated heterocycles. The van der Waals surface area contributed by atoms with Crippen LogP contribution in [0, 0.1) is 5.92 Å². The van der Waals surface area contributed by atoms with Crippen molar-refractivity contribution in [1.82, 2.24) is 15.6 Å². The lowest BCUT2D eigenvalue weighted by molar-refractivity contribution is -0.115. The van der Waals surface area contributed by atoms with Crippen molar-refractivity contribution < 1.29 is 14.8 Å². The molecule has 0 aromatic carbocycles. The van der Waals surface area contributed by atoms with Crippen molar-refractivity contribution in [2.24, 2.45) is 11.1 Å². The molecule has 1 aromatic heterocycles. The van der Waals surface area contributed by atoms with Crippen molar-refractivity contribution in [3.8, 4) is 0 Å². The minimum atomic E-state index is -0.545. The summed E-state index contributed by atoms with van der Waals surface area (Å²) in [4.78, 5) is 28.1. The van der Waals surface area contributed by atoms with E-state index in [0.717, 1.165) is 22.7 Å². The number of nitrogens with zero attached hydrogens (tertiary/aromatic N) is 2. The van der Waals surface area contributed by atoms with Crippen LogP contribution in [0.3, 0.4) is 0 Å². The summed E-state index contributed by atoms with van der Waals surface area (Å²) >= 11 is 2.79. The van der Waals surface area contributed by atoms with Crippen LogP contribution in [0.25, 0.3) is 0 Å². The molecule has 1 amide bonds. The van der Waals surface area contributed by atoms with Crippen molar-refractivity contribution in [3.05, 3.63) is 22.3 Å². The molecule has 0 bridgehead atoms. The smallest absolute Gasteiger partial charge is 0.275 e. The van der Waals surface area contributed by atoms with Gasteiger partial charge in [-0.1, -0.05) is 12.1 Å². The van der Waals surface area contributed by atoms with Crippen LogP contribution >= 0.6 is 23.1 Å². The number of anilines is 1. The van der Waals surface area contributed by atoms with Gasteiger partial charge in [0.15, 0.2) is 16.6 Å². The standard InChI is InChI=1S/C14H17N5O3S2/c1-6-2-9(20)11-7(6)4-23-10(18-11)3-16-13(21)12(19-22)8-5-24-14(15)17-8/h5-6,10,18,22H,2-4H2,1H3,(H2,15,17)(H,16,21)/b19-12-. The van der Waals surface area contributed by atoms with Crippen LogP contribution in [0.5, 0.6) is 0 Å². The van der Waals surface area contributed by atoms with E-state index in [1.165, 1.54) is 0 Å². The fraction of sp³-hybridized carbons (Fsp3) is 0.429. The summed E-state index contributed by atoms with van der Waals surface area (Å²) in [6.07, 6.45) is 0.546. The van der Waals surface area contributed by atoms with Crippen molar-refractivity contribution >= 4 is 45.6 Å². The number of aromatic nitrogens is 1. The van der Waals surface area contributed by atoms with Crippen LogP contribution in [0.4, 0.5) is 5.13 Å². The topological polar surface area (TPSA) is 130 Å². The van der Waals surface area contributed by atoms with Gasteiger partial charge in [0.1, 0.15) is 5.69 Å². The number of allylic oxidation sites excluding steroid dienone is 1. The summed E-state index contributed by atoms with van der Waals surface area (Å²) in [5, 5.41) is 19.7. The van der Waals surface area contributed by atoms with Gasteiger partial charge < -0.3 is 21.6 Å². The molecule has 0 fully saturated rings. The number of rotatable bonds is 4. The Morgan fingerprint density at radius 2 is 2.42 bits per heavy atom. The second-order valence-corrected chi connectivity index (χ2v) is 7.68. The van der Waals surface area contributed by atoms with Gasteiger partial charge in [-0.3, -0.25) is 9.59 Å². The Labute approximate surface area is 146 Å². The first-order valence-corrected chi connectivity index (χ1v) is 9.28. The van der Waals surface area contributed by atoms with Crippen LogP contribution in [0.2, 0.25) is 0 Å². The number of hydrogen-bond acceptors (Lipinski definition) is 9. The fourth-order valence-corrected chi connectivity index (χ4v) is 4.46. The van der Waals surface area contributed by atoms with Crippen molar-refractivity contribution in [2.75, 3.05) is 18.0 Å². The fourth-order valence-electron chi connectivity index (χ4n) is 2.70. The lowest BCUT2D eigenvalue weighted by Gasteiger charge is -2.26. The molecule has 128 valence electrons. The zero-order valence-electron chi connectivity index (χ0n) is 12.9. The number of nitrogens with one attached hydrogen (secondary N) is 2. The normalized spacial score (nSPS) is 23.9. The number of thioether (sulfide) groups is 1. The van der Waals surface area contributed by atoms with Gasteiger partial charge >= 0.3 is 0 Å². The Morgan fingerprint density at radius 1 is 1.62 bits per heavy atom. The van der Waals surface area contributed by atoms with Crippen molar-refractivity contribution in [2.45, 2.75) is 18.7 Å². The number of amides is 1. The molecule has 3 rings (SSSR count). The van der Waals surface area contributed by atoms with Crippen LogP contribution in [0.15, 0.2) is 21.8 Å². The Balaban J connectivity index is 1.59. The number of nitrogens with two attached hydrogens (primary N) is 1. The van der Waals surface area contributed by atoms with Gasteiger partial charge in [-0.2, -0.15) is 0 Å². The third kappa shape index (κ3) is 3.24. The van der Waals surface area contributed by atoms with Gasteiger partial charge in [0.2, 0.25) is 0 Å². The van der Waals surface area contributed by atoms with Gasteiger partial charge in [-0.25, -0.2) is 4.98 Å². The maximum Gasteiger partial charge on any atom is 0.275 e. The molecule has 2 atom stereocenters.